The highest BCUT2D eigenvalue weighted by Gasteiger charge is 2.25. The molecule has 1 aromatic rings. The molecule has 4 heteroatoms. The summed E-state index contributed by atoms with van der Waals surface area (Å²) in [5.74, 6) is 4.65. The van der Waals surface area contributed by atoms with Crippen molar-refractivity contribution >= 4 is 5.97 Å². The highest BCUT2D eigenvalue weighted by Crippen LogP contribution is 2.06. The van der Waals surface area contributed by atoms with Crippen LogP contribution in [0.2, 0.25) is 0 Å². The molecule has 2 atom stereocenters. The van der Waals surface area contributed by atoms with Gasteiger partial charge in [-0.3, -0.25) is 4.79 Å². The maximum Gasteiger partial charge on any atom is 0.320 e. The summed E-state index contributed by atoms with van der Waals surface area (Å²) in [4.78, 5) is 11.1. The van der Waals surface area contributed by atoms with E-state index in [4.69, 9.17) is 5.11 Å². The van der Waals surface area contributed by atoms with E-state index in [-0.39, 0.29) is 12.5 Å². The Kier molecular flexibility index (Phi) is 5.75. The van der Waals surface area contributed by atoms with Gasteiger partial charge in [-0.2, -0.15) is 0 Å². The van der Waals surface area contributed by atoms with E-state index in [0.717, 1.165) is 5.56 Å². The van der Waals surface area contributed by atoms with Crippen molar-refractivity contribution in [1.82, 2.24) is 5.32 Å². The molecule has 0 radical (unpaired) electrons. The van der Waals surface area contributed by atoms with Crippen LogP contribution in [0.1, 0.15) is 26.3 Å². The van der Waals surface area contributed by atoms with E-state index in [1.165, 1.54) is 0 Å². The molecule has 4 nitrogen and oxygen atoms in total. The maximum absolute atomic E-state index is 11.1. The number of aliphatic hydroxyl groups is 1. The summed E-state index contributed by atoms with van der Waals surface area (Å²) in [7, 11) is 0. The third kappa shape index (κ3) is 5.43. The van der Waals surface area contributed by atoms with Crippen molar-refractivity contribution in [1.29, 1.82) is 0 Å². The van der Waals surface area contributed by atoms with Gasteiger partial charge in [-0.15, -0.1) is 0 Å². The highest BCUT2D eigenvalue weighted by atomic mass is 16.4. The molecule has 0 aliphatic carbocycles. The minimum absolute atomic E-state index is 0.0645. The SMILES string of the molecule is CC(C)[C@@H](NC[C@](C)(O)C#Cc1ccccc1)C(=O)O. The summed E-state index contributed by atoms with van der Waals surface area (Å²) in [6.07, 6.45) is 0. The molecule has 1 rings (SSSR count). The molecule has 0 fully saturated rings. The molecule has 0 bridgehead atoms. The number of aliphatic carboxylic acids is 1. The quantitative estimate of drug-likeness (QED) is 0.712. The Morgan fingerprint density at radius 1 is 1.35 bits per heavy atom. The Balaban J connectivity index is 2.66. The van der Waals surface area contributed by atoms with Crippen molar-refractivity contribution in [3.05, 3.63) is 35.9 Å². The van der Waals surface area contributed by atoms with Crippen LogP contribution < -0.4 is 5.32 Å². The van der Waals surface area contributed by atoms with Gasteiger partial charge in [-0.25, -0.2) is 0 Å². The van der Waals surface area contributed by atoms with E-state index in [1.54, 1.807) is 6.92 Å². The molecule has 0 saturated heterocycles. The molecule has 0 unspecified atom stereocenters. The molecule has 0 aromatic heterocycles. The lowest BCUT2D eigenvalue weighted by Gasteiger charge is -2.23. The summed E-state index contributed by atoms with van der Waals surface area (Å²) in [6, 6.07) is 8.65. The molecule has 1 aromatic carbocycles. The van der Waals surface area contributed by atoms with Crippen molar-refractivity contribution in [2.45, 2.75) is 32.4 Å². The van der Waals surface area contributed by atoms with Crippen molar-refractivity contribution in [2.24, 2.45) is 5.92 Å². The number of carboxylic acid groups (broad SMARTS) is 1. The smallest absolute Gasteiger partial charge is 0.320 e. The Bertz CT molecular complexity index is 497. The minimum Gasteiger partial charge on any atom is -0.480 e. The monoisotopic (exact) mass is 275 g/mol. The summed E-state index contributed by atoms with van der Waals surface area (Å²) >= 11 is 0. The van der Waals surface area contributed by atoms with Crippen LogP contribution in [-0.2, 0) is 4.79 Å². The largest absolute Gasteiger partial charge is 0.480 e. The molecule has 20 heavy (non-hydrogen) atoms. The topological polar surface area (TPSA) is 69.6 Å². The third-order valence-electron chi connectivity index (χ3n) is 2.85. The Labute approximate surface area is 119 Å². The van der Waals surface area contributed by atoms with Gasteiger partial charge >= 0.3 is 5.97 Å². The Morgan fingerprint density at radius 2 is 1.95 bits per heavy atom. The van der Waals surface area contributed by atoms with E-state index < -0.39 is 17.6 Å². The van der Waals surface area contributed by atoms with Crippen LogP contribution >= 0.6 is 0 Å². The summed E-state index contributed by atoms with van der Waals surface area (Å²) in [6.45, 7) is 5.30. The molecule has 0 spiro atoms. The predicted octanol–water partition coefficient (Wildman–Crippen LogP) is 1.49. The predicted molar refractivity (Wildman–Crippen MR) is 78.2 cm³/mol. The zero-order valence-corrected chi connectivity index (χ0v) is 12.1. The van der Waals surface area contributed by atoms with Crippen LogP contribution in [0.5, 0.6) is 0 Å². The lowest BCUT2D eigenvalue weighted by atomic mass is 10.0. The first kappa shape index (κ1) is 16.2. The van der Waals surface area contributed by atoms with Gasteiger partial charge in [0.15, 0.2) is 0 Å². The first-order valence-corrected chi connectivity index (χ1v) is 6.58. The second kappa shape index (κ2) is 7.09. The number of carboxylic acids is 1. The molecule has 0 aliphatic rings. The van der Waals surface area contributed by atoms with Crippen molar-refractivity contribution in [2.75, 3.05) is 6.54 Å². The number of rotatable bonds is 5. The molecule has 0 saturated carbocycles. The van der Waals surface area contributed by atoms with Crippen LogP contribution in [0.4, 0.5) is 0 Å². The molecule has 0 aliphatic heterocycles. The van der Waals surface area contributed by atoms with Gasteiger partial charge < -0.3 is 15.5 Å². The van der Waals surface area contributed by atoms with Gasteiger partial charge in [0.2, 0.25) is 0 Å². The third-order valence-corrected chi connectivity index (χ3v) is 2.85. The van der Waals surface area contributed by atoms with E-state index in [1.807, 2.05) is 44.2 Å². The van der Waals surface area contributed by atoms with Crippen LogP contribution in [0.15, 0.2) is 30.3 Å². The Morgan fingerprint density at radius 3 is 2.45 bits per heavy atom. The minimum atomic E-state index is -1.28. The highest BCUT2D eigenvalue weighted by molar-refractivity contribution is 5.73. The van der Waals surface area contributed by atoms with Crippen molar-refractivity contribution in [3.63, 3.8) is 0 Å². The van der Waals surface area contributed by atoms with Crippen LogP contribution in [0.3, 0.4) is 0 Å². The Hall–Kier alpha value is -1.83. The van der Waals surface area contributed by atoms with Crippen LogP contribution in [0, 0.1) is 17.8 Å². The standard InChI is InChI=1S/C16H21NO3/c1-12(2)14(15(18)19)17-11-16(3,20)10-9-13-7-5-4-6-8-13/h4-8,12,14,17,20H,11H2,1-3H3,(H,18,19)/t14-,16-/m1/s1. The summed E-state index contributed by atoms with van der Waals surface area (Å²) < 4.78 is 0. The van der Waals surface area contributed by atoms with Gasteiger partial charge in [0.25, 0.3) is 0 Å². The molecular weight excluding hydrogens is 254 g/mol. The summed E-state index contributed by atoms with van der Waals surface area (Å²) in [5, 5.41) is 22.1. The molecule has 108 valence electrons. The number of nitrogens with one attached hydrogen (secondary N) is 1. The number of carbonyl (C=O) groups is 1. The number of hydrogen-bond donors (Lipinski definition) is 3. The molecule has 0 heterocycles. The number of benzene rings is 1. The average molecular weight is 275 g/mol. The van der Waals surface area contributed by atoms with E-state index in [9.17, 15) is 9.90 Å². The molecular formula is C16H21NO3. The van der Waals surface area contributed by atoms with Gasteiger partial charge in [-0.05, 0) is 25.0 Å². The van der Waals surface area contributed by atoms with E-state index in [2.05, 4.69) is 17.2 Å². The van der Waals surface area contributed by atoms with Crippen LogP contribution in [0.25, 0.3) is 0 Å². The van der Waals surface area contributed by atoms with Gasteiger partial charge in [-0.1, -0.05) is 43.9 Å². The van der Waals surface area contributed by atoms with Gasteiger partial charge in [0, 0.05) is 12.1 Å². The zero-order chi connectivity index (χ0) is 15.2. The maximum atomic E-state index is 11.1. The van der Waals surface area contributed by atoms with Crippen LogP contribution in [-0.4, -0.2) is 34.4 Å². The zero-order valence-electron chi connectivity index (χ0n) is 12.1. The fourth-order valence-electron chi connectivity index (χ4n) is 1.69. The molecule has 3 N–H and O–H groups in total. The van der Waals surface area contributed by atoms with E-state index in [0.29, 0.717) is 0 Å². The second-order valence-electron chi connectivity index (χ2n) is 5.33. The lowest BCUT2D eigenvalue weighted by Crippen LogP contribution is -2.47. The van der Waals surface area contributed by atoms with Crippen molar-refractivity contribution < 1.29 is 15.0 Å². The lowest BCUT2D eigenvalue weighted by molar-refractivity contribution is -0.140. The fraction of sp³-hybridized carbons (Fsp3) is 0.438. The van der Waals surface area contributed by atoms with E-state index >= 15 is 0 Å². The average Bonchev–Trinajstić information content (AvgIpc) is 2.37. The summed E-state index contributed by atoms with van der Waals surface area (Å²) in [5.41, 5.74) is -0.468. The second-order valence-corrected chi connectivity index (χ2v) is 5.33. The van der Waals surface area contributed by atoms with Gasteiger partial charge in [0.05, 0.1) is 0 Å². The number of hydrogen-bond acceptors (Lipinski definition) is 3. The van der Waals surface area contributed by atoms with Crippen molar-refractivity contribution in [3.8, 4) is 11.8 Å². The van der Waals surface area contributed by atoms with Gasteiger partial charge in [0.1, 0.15) is 11.6 Å². The fourth-order valence-corrected chi connectivity index (χ4v) is 1.69. The normalized spacial score (nSPS) is 15.1. The first-order chi connectivity index (χ1) is 9.32. The molecule has 0 amide bonds. The first-order valence-electron chi connectivity index (χ1n) is 6.58.